The quantitative estimate of drug-likeness (QED) is 0.362. The number of carbonyl (C=O) groups is 2. The topological polar surface area (TPSA) is 37.4 Å². The Morgan fingerprint density at radius 2 is 1.52 bits per heavy atom. The predicted molar refractivity (Wildman–Crippen MR) is 120 cm³/mol. The predicted octanol–water partition coefficient (Wildman–Crippen LogP) is 6.21. The van der Waals surface area contributed by atoms with Crippen LogP contribution in [0, 0.1) is 6.92 Å². The molecule has 1 amide bonds. The Hall–Kier alpha value is -3.17. The van der Waals surface area contributed by atoms with Gasteiger partial charge in [-0.3, -0.25) is 9.59 Å². The summed E-state index contributed by atoms with van der Waals surface area (Å²) in [7, 11) is 0. The first-order chi connectivity index (χ1) is 14.0. The molecule has 0 bridgehead atoms. The standard InChI is InChI=1S/C25H22ClNO2/c1-3-27(23-7-5-4-6-18(23)2)25(29)21-11-8-19(9-12-21)10-17-24(28)20-13-15-22(26)16-14-20/h4-17H,3H2,1-2H3/b17-10+. The number of anilines is 1. The first kappa shape index (κ1) is 20.6. The largest absolute Gasteiger partial charge is 0.308 e. The highest BCUT2D eigenvalue weighted by molar-refractivity contribution is 6.30. The Labute approximate surface area is 176 Å². The molecular formula is C25H22ClNO2. The van der Waals surface area contributed by atoms with E-state index in [1.807, 2.05) is 50.2 Å². The Morgan fingerprint density at radius 3 is 2.14 bits per heavy atom. The number of amides is 1. The van der Waals surface area contributed by atoms with Crippen molar-refractivity contribution in [3.63, 3.8) is 0 Å². The van der Waals surface area contributed by atoms with E-state index < -0.39 is 0 Å². The van der Waals surface area contributed by atoms with Crippen LogP contribution in [-0.2, 0) is 0 Å². The van der Waals surface area contributed by atoms with E-state index in [-0.39, 0.29) is 11.7 Å². The number of ketones is 1. The van der Waals surface area contributed by atoms with E-state index in [0.29, 0.717) is 22.7 Å². The normalized spacial score (nSPS) is 10.9. The van der Waals surface area contributed by atoms with Gasteiger partial charge in [0.1, 0.15) is 0 Å². The van der Waals surface area contributed by atoms with Crippen molar-refractivity contribution in [1.29, 1.82) is 0 Å². The van der Waals surface area contributed by atoms with Gasteiger partial charge in [-0.05, 0) is 73.5 Å². The molecule has 0 aliphatic heterocycles. The van der Waals surface area contributed by atoms with E-state index in [0.717, 1.165) is 16.8 Å². The van der Waals surface area contributed by atoms with E-state index in [4.69, 9.17) is 11.6 Å². The van der Waals surface area contributed by atoms with E-state index >= 15 is 0 Å². The summed E-state index contributed by atoms with van der Waals surface area (Å²) in [4.78, 5) is 27.0. The number of benzene rings is 3. The second kappa shape index (κ2) is 9.35. The third kappa shape index (κ3) is 5.01. The molecule has 0 aliphatic rings. The fraction of sp³-hybridized carbons (Fsp3) is 0.120. The third-order valence-electron chi connectivity index (χ3n) is 4.68. The first-order valence-corrected chi connectivity index (χ1v) is 9.83. The molecule has 0 saturated carbocycles. The number of hydrogen-bond donors (Lipinski definition) is 0. The van der Waals surface area contributed by atoms with Crippen molar-refractivity contribution in [2.75, 3.05) is 11.4 Å². The maximum absolute atomic E-state index is 13.0. The lowest BCUT2D eigenvalue weighted by molar-refractivity contribution is 0.0987. The van der Waals surface area contributed by atoms with E-state index in [1.54, 1.807) is 47.4 Å². The van der Waals surface area contributed by atoms with Gasteiger partial charge < -0.3 is 4.90 Å². The van der Waals surface area contributed by atoms with Crippen LogP contribution in [0.2, 0.25) is 5.02 Å². The van der Waals surface area contributed by atoms with Gasteiger partial charge in [0.25, 0.3) is 5.91 Å². The zero-order chi connectivity index (χ0) is 20.8. The third-order valence-corrected chi connectivity index (χ3v) is 4.93. The smallest absolute Gasteiger partial charge is 0.258 e. The van der Waals surface area contributed by atoms with Gasteiger partial charge in [0.15, 0.2) is 5.78 Å². The number of para-hydroxylation sites is 1. The van der Waals surface area contributed by atoms with Gasteiger partial charge in [-0.1, -0.05) is 48.0 Å². The second-order valence-corrected chi connectivity index (χ2v) is 7.10. The summed E-state index contributed by atoms with van der Waals surface area (Å²) >= 11 is 5.85. The number of carbonyl (C=O) groups excluding carboxylic acids is 2. The van der Waals surface area contributed by atoms with Crippen LogP contribution in [0.5, 0.6) is 0 Å². The number of aryl methyl sites for hydroxylation is 1. The lowest BCUT2D eigenvalue weighted by Gasteiger charge is -2.23. The van der Waals surface area contributed by atoms with Gasteiger partial charge in [0.2, 0.25) is 0 Å². The molecule has 0 atom stereocenters. The zero-order valence-electron chi connectivity index (χ0n) is 16.4. The lowest BCUT2D eigenvalue weighted by atomic mass is 10.1. The molecule has 4 heteroatoms. The van der Waals surface area contributed by atoms with Crippen LogP contribution >= 0.6 is 11.6 Å². The average Bonchev–Trinajstić information content (AvgIpc) is 2.74. The first-order valence-electron chi connectivity index (χ1n) is 9.45. The molecule has 0 spiro atoms. The summed E-state index contributed by atoms with van der Waals surface area (Å²) in [5.41, 5.74) is 4.01. The summed E-state index contributed by atoms with van der Waals surface area (Å²) in [6.07, 6.45) is 3.26. The number of nitrogens with zero attached hydrogens (tertiary/aromatic N) is 1. The Balaban J connectivity index is 1.73. The number of halogens is 1. The Kier molecular flexibility index (Phi) is 6.63. The minimum atomic E-state index is -0.0986. The molecule has 3 aromatic carbocycles. The molecule has 0 heterocycles. The fourth-order valence-electron chi connectivity index (χ4n) is 3.06. The molecule has 0 fully saturated rings. The molecule has 3 aromatic rings. The lowest BCUT2D eigenvalue weighted by Crippen LogP contribution is -2.31. The van der Waals surface area contributed by atoms with Crippen molar-refractivity contribution in [3.05, 3.63) is 106 Å². The van der Waals surface area contributed by atoms with Crippen LogP contribution in [0.25, 0.3) is 6.08 Å². The van der Waals surface area contributed by atoms with Gasteiger partial charge in [-0.25, -0.2) is 0 Å². The minimum Gasteiger partial charge on any atom is -0.308 e. The van der Waals surface area contributed by atoms with Gasteiger partial charge in [0, 0.05) is 28.4 Å². The Bertz CT molecular complexity index is 1040. The summed E-state index contributed by atoms with van der Waals surface area (Å²) in [5.74, 6) is -0.145. The summed E-state index contributed by atoms with van der Waals surface area (Å²) in [6, 6.07) is 21.9. The molecule has 0 N–H and O–H groups in total. The zero-order valence-corrected chi connectivity index (χ0v) is 17.2. The monoisotopic (exact) mass is 403 g/mol. The van der Waals surface area contributed by atoms with E-state index in [1.165, 1.54) is 6.08 Å². The van der Waals surface area contributed by atoms with Crippen molar-refractivity contribution in [2.24, 2.45) is 0 Å². The van der Waals surface area contributed by atoms with E-state index in [2.05, 4.69) is 0 Å². The van der Waals surface area contributed by atoms with Gasteiger partial charge in [-0.2, -0.15) is 0 Å². The van der Waals surface area contributed by atoms with Crippen molar-refractivity contribution in [2.45, 2.75) is 13.8 Å². The number of rotatable bonds is 6. The van der Waals surface area contributed by atoms with E-state index in [9.17, 15) is 9.59 Å². The van der Waals surface area contributed by atoms with Crippen LogP contribution < -0.4 is 4.90 Å². The van der Waals surface area contributed by atoms with Gasteiger partial charge in [0.05, 0.1) is 0 Å². The molecule has 3 nitrogen and oxygen atoms in total. The van der Waals surface area contributed by atoms with Crippen molar-refractivity contribution < 1.29 is 9.59 Å². The average molecular weight is 404 g/mol. The van der Waals surface area contributed by atoms with Crippen LogP contribution in [0.4, 0.5) is 5.69 Å². The molecule has 3 rings (SSSR count). The van der Waals surface area contributed by atoms with Gasteiger partial charge in [-0.15, -0.1) is 0 Å². The van der Waals surface area contributed by atoms with Crippen molar-refractivity contribution in [3.8, 4) is 0 Å². The molecule has 0 aromatic heterocycles. The molecule has 0 saturated heterocycles. The molecule has 0 aliphatic carbocycles. The highest BCUT2D eigenvalue weighted by atomic mass is 35.5. The highest BCUT2D eigenvalue weighted by Gasteiger charge is 2.17. The van der Waals surface area contributed by atoms with Crippen LogP contribution in [0.15, 0.2) is 78.9 Å². The maximum Gasteiger partial charge on any atom is 0.258 e. The number of allylic oxidation sites excluding steroid dienone is 1. The minimum absolute atomic E-state index is 0.0467. The molecular weight excluding hydrogens is 382 g/mol. The maximum atomic E-state index is 13.0. The van der Waals surface area contributed by atoms with Crippen molar-refractivity contribution in [1.82, 2.24) is 0 Å². The molecule has 0 unspecified atom stereocenters. The second-order valence-electron chi connectivity index (χ2n) is 6.66. The van der Waals surface area contributed by atoms with Crippen molar-refractivity contribution >= 4 is 35.1 Å². The van der Waals surface area contributed by atoms with Crippen LogP contribution in [-0.4, -0.2) is 18.2 Å². The summed E-state index contributed by atoms with van der Waals surface area (Å²) in [5, 5.41) is 0.595. The molecule has 29 heavy (non-hydrogen) atoms. The van der Waals surface area contributed by atoms with Gasteiger partial charge >= 0.3 is 0 Å². The van der Waals surface area contributed by atoms with Crippen LogP contribution in [0.3, 0.4) is 0 Å². The molecule has 0 radical (unpaired) electrons. The fourth-order valence-corrected chi connectivity index (χ4v) is 3.19. The summed E-state index contributed by atoms with van der Waals surface area (Å²) in [6.45, 7) is 4.54. The number of hydrogen-bond acceptors (Lipinski definition) is 2. The SMILES string of the molecule is CCN(C(=O)c1ccc(/C=C/C(=O)c2ccc(Cl)cc2)cc1)c1ccccc1C. The van der Waals surface area contributed by atoms with Crippen LogP contribution in [0.1, 0.15) is 38.8 Å². The Morgan fingerprint density at radius 1 is 0.897 bits per heavy atom. The highest BCUT2D eigenvalue weighted by Crippen LogP contribution is 2.22. The summed E-state index contributed by atoms with van der Waals surface area (Å²) < 4.78 is 0. The molecule has 146 valence electrons.